The Labute approximate surface area is 213 Å². The maximum Gasteiger partial charge on any atom is 0.294 e. The number of likely N-dealkylation sites (tertiary alicyclic amines) is 1. The fourth-order valence-electron chi connectivity index (χ4n) is 4.76. The summed E-state index contributed by atoms with van der Waals surface area (Å²) in [6, 6.07) is 15.8. The summed E-state index contributed by atoms with van der Waals surface area (Å²) in [5, 5.41) is 1.31. The molecular weight excluding hydrogens is 482 g/mol. The molecule has 0 radical (unpaired) electrons. The number of piperidine rings is 1. The van der Waals surface area contributed by atoms with Gasteiger partial charge in [-0.15, -0.1) is 0 Å². The van der Waals surface area contributed by atoms with E-state index >= 15 is 0 Å². The lowest BCUT2D eigenvalue weighted by molar-refractivity contribution is -0.136. The Hall–Kier alpha value is -3.03. The summed E-state index contributed by atoms with van der Waals surface area (Å²) in [7, 11) is 0. The van der Waals surface area contributed by atoms with E-state index < -0.39 is 11.1 Å². The minimum absolute atomic E-state index is 0.163. The van der Waals surface area contributed by atoms with E-state index in [4.69, 9.17) is 11.6 Å². The van der Waals surface area contributed by atoms with Crippen LogP contribution in [0.3, 0.4) is 0 Å². The van der Waals surface area contributed by atoms with E-state index in [1.807, 2.05) is 49.4 Å². The molecule has 2 aromatic carbocycles. The summed E-state index contributed by atoms with van der Waals surface area (Å²) < 4.78 is 2.20. The van der Waals surface area contributed by atoms with E-state index in [-0.39, 0.29) is 12.5 Å². The molecule has 35 heavy (non-hydrogen) atoms. The number of benzene rings is 2. The number of hydrogen-bond acceptors (Lipinski definition) is 4. The van der Waals surface area contributed by atoms with Gasteiger partial charge in [-0.2, -0.15) is 0 Å². The van der Waals surface area contributed by atoms with Crippen LogP contribution in [0.2, 0.25) is 5.02 Å². The average molecular weight is 508 g/mol. The third-order valence-electron chi connectivity index (χ3n) is 6.68. The molecule has 5 rings (SSSR count). The van der Waals surface area contributed by atoms with Crippen LogP contribution in [0, 0.1) is 6.92 Å². The second kappa shape index (κ2) is 9.91. The van der Waals surface area contributed by atoms with Crippen molar-refractivity contribution in [2.24, 2.45) is 0 Å². The SMILES string of the molecule is Cc1c(/C=C2\SC(=O)N(CC(=O)N3CCCCC3)C2=O)c2ccccc2n1Cc1ccc(Cl)cc1. The van der Waals surface area contributed by atoms with Gasteiger partial charge in [0.1, 0.15) is 6.54 Å². The number of imide groups is 1. The molecule has 2 aliphatic heterocycles. The standard InChI is InChI=1S/C27H26ClN3O3S/c1-18-22(21-7-3-4-8-23(21)30(18)16-19-9-11-20(28)12-10-19)15-24-26(33)31(27(34)35-24)17-25(32)29-13-5-2-6-14-29/h3-4,7-12,15H,2,5-6,13-14,16-17H2,1H3/b24-15-. The van der Waals surface area contributed by atoms with Gasteiger partial charge in [-0.25, -0.2) is 0 Å². The fraction of sp³-hybridized carbons (Fsp3) is 0.296. The van der Waals surface area contributed by atoms with Crippen LogP contribution in [0.25, 0.3) is 17.0 Å². The van der Waals surface area contributed by atoms with Gasteiger partial charge in [0.2, 0.25) is 5.91 Å². The molecule has 0 spiro atoms. The van der Waals surface area contributed by atoms with E-state index in [1.165, 1.54) is 0 Å². The topological polar surface area (TPSA) is 62.6 Å². The number of fused-ring (bicyclic) bond motifs is 1. The number of amides is 3. The summed E-state index contributed by atoms with van der Waals surface area (Å²) in [6.45, 7) is 3.86. The molecule has 0 bridgehead atoms. The number of carbonyl (C=O) groups is 3. The van der Waals surface area contributed by atoms with Gasteiger partial charge in [-0.1, -0.05) is 41.9 Å². The maximum absolute atomic E-state index is 13.1. The molecule has 0 atom stereocenters. The molecule has 8 heteroatoms. The Bertz CT molecular complexity index is 1340. The number of hydrogen-bond donors (Lipinski definition) is 0. The first-order chi connectivity index (χ1) is 16.9. The molecule has 3 aromatic rings. The van der Waals surface area contributed by atoms with Crippen LogP contribution in [0.15, 0.2) is 53.4 Å². The minimum Gasteiger partial charge on any atom is -0.341 e. The number of halogens is 1. The van der Waals surface area contributed by atoms with Crippen LogP contribution in [0.1, 0.15) is 36.1 Å². The van der Waals surface area contributed by atoms with Crippen molar-refractivity contribution in [3.63, 3.8) is 0 Å². The second-order valence-electron chi connectivity index (χ2n) is 8.94. The van der Waals surface area contributed by atoms with Gasteiger partial charge in [0.05, 0.1) is 4.91 Å². The molecule has 0 unspecified atom stereocenters. The average Bonchev–Trinajstić information content (AvgIpc) is 3.29. The predicted octanol–water partition coefficient (Wildman–Crippen LogP) is 5.70. The monoisotopic (exact) mass is 507 g/mol. The molecule has 180 valence electrons. The molecule has 2 fully saturated rings. The summed E-state index contributed by atoms with van der Waals surface area (Å²) in [6.07, 6.45) is 4.84. The van der Waals surface area contributed by atoms with Crippen LogP contribution in [0.4, 0.5) is 4.79 Å². The van der Waals surface area contributed by atoms with Crippen LogP contribution in [-0.4, -0.2) is 51.1 Å². The number of aromatic nitrogens is 1. The highest BCUT2D eigenvalue weighted by Gasteiger charge is 2.37. The van der Waals surface area contributed by atoms with Gasteiger partial charge in [-0.3, -0.25) is 19.3 Å². The Morgan fingerprint density at radius 2 is 1.74 bits per heavy atom. The predicted molar refractivity (Wildman–Crippen MR) is 140 cm³/mol. The van der Waals surface area contributed by atoms with Crippen molar-refractivity contribution in [3.05, 3.63) is 75.3 Å². The highest BCUT2D eigenvalue weighted by atomic mass is 35.5. The third kappa shape index (κ3) is 4.75. The molecular formula is C27H26ClN3O3S. The first-order valence-corrected chi connectivity index (χ1v) is 13.0. The van der Waals surface area contributed by atoms with E-state index in [2.05, 4.69) is 10.6 Å². The number of thioether (sulfide) groups is 1. The van der Waals surface area contributed by atoms with Crippen molar-refractivity contribution in [1.29, 1.82) is 0 Å². The third-order valence-corrected chi connectivity index (χ3v) is 7.84. The summed E-state index contributed by atoms with van der Waals surface area (Å²) in [5.41, 5.74) is 4.06. The fourth-order valence-corrected chi connectivity index (χ4v) is 5.71. The van der Waals surface area contributed by atoms with Crippen LogP contribution >= 0.6 is 23.4 Å². The number of rotatable bonds is 5. The lowest BCUT2D eigenvalue weighted by Gasteiger charge is -2.27. The van der Waals surface area contributed by atoms with Crippen molar-refractivity contribution in [2.45, 2.75) is 32.7 Å². The van der Waals surface area contributed by atoms with Gasteiger partial charge in [-0.05, 0) is 67.8 Å². The molecule has 6 nitrogen and oxygen atoms in total. The van der Waals surface area contributed by atoms with Gasteiger partial charge < -0.3 is 9.47 Å². The summed E-state index contributed by atoms with van der Waals surface area (Å²) in [4.78, 5) is 41.7. The number of para-hydroxylation sites is 1. The zero-order chi connectivity index (χ0) is 24.5. The quantitative estimate of drug-likeness (QED) is 0.415. The first kappa shape index (κ1) is 23.7. The highest BCUT2D eigenvalue weighted by molar-refractivity contribution is 8.18. The van der Waals surface area contributed by atoms with Crippen LogP contribution < -0.4 is 0 Å². The van der Waals surface area contributed by atoms with Crippen molar-refractivity contribution in [2.75, 3.05) is 19.6 Å². The van der Waals surface area contributed by atoms with Crippen molar-refractivity contribution in [3.8, 4) is 0 Å². The highest BCUT2D eigenvalue weighted by Crippen LogP contribution is 2.36. The van der Waals surface area contributed by atoms with Crippen LogP contribution in [-0.2, 0) is 16.1 Å². The molecule has 3 heterocycles. The van der Waals surface area contributed by atoms with E-state index in [9.17, 15) is 14.4 Å². The lowest BCUT2D eigenvalue weighted by Crippen LogP contribution is -2.44. The van der Waals surface area contributed by atoms with E-state index in [1.54, 1.807) is 11.0 Å². The second-order valence-corrected chi connectivity index (χ2v) is 10.4. The van der Waals surface area contributed by atoms with E-state index in [0.717, 1.165) is 63.6 Å². The Morgan fingerprint density at radius 1 is 1.03 bits per heavy atom. The molecule has 1 aromatic heterocycles. The minimum atomic E-state index is -0.403. The Morgan fingerprint density at radius 3 is 2.49 bits per heavy atom. The lowest BCUT2D eigenvalue weighted by atomic mass is 10.1. The summed E-state index contributed by atoms with van der Waals surface area (Å²) >= 11 is 6.95. The van der Waals surface area contributed by atoms with Gasteiger partial charge in [0.25, 0.3) is 11.1 Å². The van der Waals surface area contributed by atoms with E-state index in [0.29, 0.717) is 29.6 Å². The van der Waals surface area contributed by atoms with Gasteiger partial charge in [0, 0.05) is 46.8 Å². The maximum atomic E-state index is 13.1. The van der Waals surface area contributed by atoms with Gasteiger partial charge >= 0.3 is 0 Å². The van der Waals surface area contributed by atoms with Crippen molar-refractivity contribution < 1.29 is 14.4 Å². The number of carbonyl (C=O) groups excluding carboxylic acids is 3. The number of nitrogens with zero attached hydrogens (tertiary/aromatic N) is 3. The zero-order valence-corrected chi connectivity index (χ0v) is 21.1. The zero-order valence-electron chi connectivity index (χ0n) is 19.5. The molecule has 2 aliphatic rings. The molecule has 0 N–H and O–H groups in total. The largest absolute Gasteiger partial charge is 0.341 e. The smallest absolute Gasteiger partial charge is 0.294 e. The molecule has 3 amide bonds. The Balaban J connectivity index is 1.44. The normalized spacial score (nSPS) is 17.7. The Kier molecular flexibility index (Phi) is 6.71. The van der Waals surface area contributed by atoms with Gasteiger partial charge in [0.15, 0.2) is 0 Å². The van der Waals surface area contributed by atoms with Crippen molar-refractivity contribution in [1.82, 2.24) is 14.4 Å². The van der Waals surface area contributed by atoms with Crippen LogP contribution in [0.5, 0.6) is 0 Å². The first-order valence-electron chi connectivity index (χ1n) is 11.8. The molecule has 0 aliphatic carbocycles. The van der Waals surface area contributed by atoms with Crippen molar-refractivity contribution >= 4 is 57.4 Å². The summed E-state index contributed by atoms with van der Waals surface area (Å²) in [5.74, 6) is -0.566. The molecule has 0 saturated carbocycles. The molecule has 2 saturated heterocycles.